The van der Waals surface area contributed by atoms with Gasteiger partial charge < -0.3 is 10.1 Å². The largest absolute Gasteiger partial charge is 0.497 e. The first-order valence-corrected chi connectivity index (χ1v) is 7.58. The van der Waals surface area contributed by atoms with Gasteiger partial charge in [-0.2, -0.15) is 4.90 Å². The third kappa shape index (κ3) is 2.69. The van der Waals surface area contributed by atoms with Crippen LogP contribution in [-0.2, 0) is 10.3 Å². The van der Waals surface area contributed by atoms with Gasteiger partial charge in [-0.25, -0.2) is 13.6 Å². The zero-order valence-corrected chi connectivity index (χ0v) is 13.9. The molecule has 0 aliphatic carbocycles. The fourth-order valence-corrected chi connectivity index (χ4v) is 2.73. The number of ether oxygens (including phenoxy) is 1. The van der Waals surface area contributed by atoms with Crippen molar-refractivity contribution in [1.82, 2.24) is 10.2 Å². The second-order valence-electron chi connectivity index (χ2n) is 5.85. The highest BCUT2D eigenvalue weighted by Crippen LogP contribution is 2.31. The summed E-state index contributed by atoms with van der Waals surface area (Å²) in [4.78, 5) is 37.8. The summed E-state index contributed by atoms with van der Waals surface area (Å²) in [7, 11) is 1.48. The minimum absolute atomic E-state index is 0.320. The Morgan fingerprint density at radius 2 is 1.77 bits per heavy atom. The van der Waals surface area contributed by atoms with Crippen LogP contribution in [0.3, 0.4) is 0 Å². The van der Waals surface area contributed by atoms with E-state index in [0.29, 0.717) is 22.3 Å². The molecular weight excluding hydrogens is 346 g/mol. The lowest BCUT2D eigenvalue weighted by Gasteiger charge is -2.22. The van der Waals surface area contributed by atoms with Crippen molar-refractivity contribution >= 4 is 17.8 Å². The number of amides is 4. The summed E-state index contributed by atoms with van der Waals surface area (Å²) in [5.41, 5.74) is -1.66. The predicted octanol–water partition coefficient (Wildman–Crippen LogP) is 2.58. The van der Waals surface area contributed by atoms with Crippen LogP contribution in [0.15, 0.2) is 42.5 Å². The maximum Gasteiger partial charge on any atom is 0.332 e. The van der Waals surface area contributed by atoms with Gasteiger partial charge in [0.25, 0.3) is 11.8 Å². The van der Waals surface area contributed by atoms with Gasteiger partial charge in [0.05, 0.1) is 12.7 Å². The molecule has 6 nitrogen and oxygen atoms in total. The molecule has 0 aromatic heterocycles. The molecule has 0 saturated carbocycles. The molecule has 1 saturated heterocycles. The molecule has 1 heterocycles. The average Bonchev–Trinajstić information content (AvgIpc) is 2.84. The van der Waals surface area contributed by atoms with Crippen molar-refractivity contribution in [3.05, 3.63) is 65.2 Å². The molecule has 1 unspecified atom stereocenters. The van der Waals surface area contributed by atoms with Gasteiger partial charge in [0.2, 0.25) is 0 Å². The quantitative estimate of drug-likeness (QED) is 0.674. The van der Waals surface area contributed by atoms with Gasteiger partial charge in [-0.15, -0.1) is 0 Å². The Hall–Kier alpha value is -3.29. The lowest BCUT2D eigenvalue weighted by atomic mass is 9.92. The molecule has 1 aliphatic rings. The highest BCUT2D eigenvalue weighted by molar-refractivity contribution is 6.22. The van der Waals surface area contributed by atoms with E-state index in [1.807, 2.05) is 0 Å². The summed E-state index contributed by atoms with van der Waals surface area (Å²) in [5.74, 6) is -3.51. The van der Waals surface area contributed by atoms with E-state index >= 15 is 0 Å². The van der Waals surface area contributed by atoms with Gasteiger partial charge in [-0.1, -0.05) is 12.1 Å². The van der Waals surface area contributed by atoms with E-state index in [9.17, 15) is 23.2 Å². The van der Waals surface area contributed by atoms with Crippen LogP contribution in [0, 0.1) is 11.6 Å². The highest BCUT2D eigenvalue weighted by Gasteiger charge is 2.52. The van der Waals surface area contributed by atoms with E-state index in [0.717, 1.165) is 12.1 Å². The molecule has 4 amide bonds. The van der Waals surface area contributed by atoms with Crippen LogP contribution >= 0.6 is 0 Å². The van der Waals surface area contributed by atoms with E-state index in [-0.39, 0.29) is 0 Å². The molecule has 1 atom stereocenters. The van der Waals surface area contributed by atoms with E-state index < -0.39 is 40.6 Å². The smallest absolute Gasteiger partial charge is 0.332 e. The lowest BCUT2D eigenvalue weighted by molar-refractivity contribution is -0.129. The minimum atomic E-state index is -1.50. The Morgan fingerprint density at radius 1 is 1.12 bits per heavy atom. The van der Waals surface area contributed by atoms with Gasteiger partial charge in [0.15, 0.2) is 0 Å². The first-order chi connectivity index (χ1) is 12.3. The number of carbonyl (C=O) groups excluding carboxylic acids is 3. The molecule has 3 rings (SSSR count). The Morgan fingerprint density at radius 3 is 2.35 bits per heavy atom. The summed E-state index contributed by atoms with van der Waals surface area (Å²) in [6, 6.07) is 7.63. The number of halogens is 2. The zero-order chi connectivity index (χ0) is 19.1. The zero-order valence-electron chi connectivity index (χ0n) is 13.9. The molecule has 8 heteroatoms. The van der Waals surface area contributed by atoms with Gasteiger partial charge in [-0.05, 0) is 36.8 Å². The number of rotatable bonds is 3. The van der Waals surface area contributed by atoms with Crippen molar-refractivity contribution in [2.45, 2.75) is 12.5 Å². The van der Waals surface area contributed by atoms with Crippen molar-refractivity contribution < 1.29 is 27.9 Å². The van der Waals surface area contributed by atoms with E-state index in [1.54, 1.807) is 24.3 Å². The Labute approximate surface area is 147 Å². The van der Waals surface area contributed by atoms with Crippen molar-refractivity contribution in [1.29, 1.82) is 0 Å². The molecule has 2 aromatic rings. The first kappa shape index (κ1) is 17.5. The summed E-state index contributed by atoms with van der Waals surface area (Å²) in [5, 5.41) is 2.44. The molecule has 0 radical (unpaired) electrons. The average molecular weight is 360 g/mol. The molecule has 2 aromatic carbocycles. The van der Waals surface area contributed by atoms with Crippen LogP contribution in [-0.4, -0.2) is 29.9 Å². The number of methoxy groups -OCH3 is 1. The third-order valence-corrected chi connectivity index (χ3v) is 4.22. The van der Waals surface area contributed by atoms with Crippen molar-refractivity contribution in [2.24, 2.45) is 0 Å². The van der Waals surface area contributed by atoms with Gasteiger partial charge >= 0.3 is 6.03 Å². The number of imide groups is 3. The maximum absolute atomic E-state index is 13.9. The number of hydrogen-bond acceptors (Lipinski definition) is 4. The lowest BCUT2D eigenvalue weighted by Crippen LogP contribution is -2.42. The standard InChI is InChI=1S/C18H14F2N2O4/c1-18(10-3-6-12(26-2)7-4-10)16(24)22(17(25)21-18)15(23)13-8-5-11(19)9-14(13)20/h3-9H,1-2H3,(H,21,25). The molecule has 134 valence electrons. The Bertz CT molecular complexity index is 914. The van der Waals surface area contributed by atoms with Crippen LogP contribution in [0.25, 0.3) is 0 Å². The second kappa shape index (κ2) is 6.21. The topological polar surface area (TPSA) is 75.7 Å². The number of nitrogens with zero attached hydrogens (tertiary/aromatic N) is 1. The summed E-state index contributed by atoms with van der Waals surface area (Å²) in [6.07, 6.45) is 0. The van der Waals surface area contributed by atoms with Crippen LogP contribution in [0.2, 0.25) is 0 Å². The molecular formula is C18H14F2N2O4. The predicted molar refractivity (Wildman–Crippen MR) is 86.4 cm³/mol. The summed E-state index contributed by atoms with van der Waals surface area (Å²) >= 11 is 0. The van der Waals surface area contributed by atoms with Gasteiger partial charge in [0.1, 0.15) is 22.9 Å². The van der Waals surface area contributed by atoms with E-state index in [2.05, 4.69) is 5.32 Å². The number of benzene rings is 2. The number of carbonyl (C=O) groups is 3. The van der Waals surface area contributed by atoms with Gasteiger partial charge in [0, 0.05) is 6.07 Å². The first-order valence-electron chi connectivity index (χ1n) is 7.58. The molecule has 1 fully saturated rings. The molecule has 1 aliphatic heterocycles. The third-order valence-electron chi connectivity index (χ3n) is 4.22. The highest BCUT2D eigenvalue weighted by atomic mass is 19.1. The minimum Gasteiger partial charge on any atom is -0.497 e. The van der Waals surface area contributed by atoms with Crippen LogP contribution in [0.1, 0.15) is 22.8 Å². The number of urea groups is 1. The monoisotopic (exact) mass is 360 g/mol. The second-order valence-corrected chi connectivity index (χ2v) is 5.85. The fraction of sp³-hybridized carbons (Fsp3) is 0.167. The van der Waals surface area contributed by atoms with Crippen molar-refractivity contribution in [2.75, 3.05) is 7.11 Å². The fourth-order valence-electron chi connectivity index (χ4n) is 2.73. The van der Waals surface area contributed by atoms with Crippen LogP contribution in [0.4, 0.5) is 13.6 Å². The van der Waals surface area contributed by atoms with Gasteiger partial charge in [-0.3, -0.25) is 9.59 Å². The number of hydrogen-bond donors (Lipinski definition) is 1. The molecule has 0 spiro atoms. The van der Waals surface area contributed by atoms with E-state index in [1.165, 1.54) is 14.0 Å². The van der Waals surface area contributed by atoms with Crippen LogP contribution < -0.4 is 10.1 Å². The molecule has 26 heavy (non-hydrogen) atoms. The Balaban J connectivity index is 1.96. The van der Waals surface area contributed by atoms with Crippen LogP contribution in [0.5, 0.6) is 5.75 Å². The van der Waals surface area contributed by atoms with Crippen molar-refractivity contribution in [3.8, 4) is 5.75 Å². The van der Waals surface area contributed by atoms with E-state index in [4.69, 9.17) is 4.74 Å². The number of nitrogens with one attached hydrogen (secondary N) is 1. The Kier molecular flexibility index (Phi) is 4.19. The summed E-state index contributed by atoms with van der Waals surface area (Å²) < 4.78 is 31.9. The van der Waals surface area contributed by atoms with Crippen molar-refractivity contribution in [3.63, 3.8) is 0 Å². The normalized spacial score (nSPS) is 19.5. The maximum atomic E-state index is 13.9. The molecule has 0 bridgehead atoms. The SMILES string of the molecule is COc1ccc(C2(C)NC(=O)N(C(=O)c3ccc(F)cc3F)C2=O)cc1. The summed E-state index contributed by atoms with van der Waals surface area (Å²) in [6.45, 7) is 1.43. The molecule has 1 N–H and O–H groups in total.